The molecule has 2 fully saturated rings. The lowest BCUT2D eigenvalue weighted by atomic mass is 10.0. The number of nitrogens with zero attached hydrogens (tertiary/aromatic N) is 1. The van der Waals surface area contributed by atoms with Crippen LogP contribution in [-0.2, 0) is 19.2 Å². The molecule has 2 aliphatic heterocycles. The molecule has 4 atom stereocenters. The molecule has 0 bridgehead atoms. The van der Waals surface area contributed by atoms with Crippen molar-refractivity contribution in [2.45, 2.75) is 71.1 Å². The third-order valence-corrected chi connectivity index (χ3v) is 4.98. The van der Waals surface area contributed by atoms with Gasteiger partial charge in [-0.1, -0.05) is 27.7 Å². The van der Waals surface area contributed by atoms with E-state index in [0.29, 0.717) is 38.3 Å². The van der Waals surface area contributed by atoms with Gasteiger partial charge >= 0.3 is 5.97 Å². The third kappa shape index (κ3) is 5.67. The zero-order valence-electron chi connectivity index (χ0n) is 17.0. The Kier molecular flexibility index (Phi) is 7.40. The molecule has 3 amide bonds. The third-order valence-electron chi connectivity index (χ3n) is 4.98. The van der Waals surface area contributed by atoms with Crippen LogP contribution >= 0.6 is 0 Å². The maximum Gasteiger partial charge on any atom is 0.326 e. The number of carbonyl (C=O) groups excluding carboxylic acids is 3. The number of amides is 3. The van der Waals surface area contributed by atoms with Gasteiger partial charge in [0.05, 0.1) is 0 Å². The average molecular weight is 396 g/mol. The topological polar surface area (TPSA) is 138 Å². The Morgan fingerprint density at radius 3 is 2.29 bits per heavy atom. The summed E-state index contributed by atoms with van der Waals surface area (Å²) in [5.74, 6) is -1.58. The van der Waals surface area contributed by atoms with Crippen molar-refractivity contribution in [2.24, 2.45) is 11.8 Å². The predicted molar refractivity (Wildman–Crippen MR) is 102 cm³/mol. The number of hydrogen-bond donors (Lipinski definition) is 4. The van der Waals surface area contributed by atoms with Crippen LogP contribution in [-0.4, -0.2) is 71.0 Å². The second-order valence-corrected chi connectivity index (χ2v) is 8.48. The van der Waals surface area contributed by atoms with Gasteiger partial charge in [0.25, 0.3) is 0 Å². The number of nitrogens with one attached hydrogen (secondary N) is 3. The molecule has 2 heterocycles. The molecule has 4 N–H and O–H groups in total. The number of hydrogen-bond acceptors (Lipinski definition) is 5. The van der Waals surface area contributed by atoms with Gasteiger partial charge in [-0.15, -0.1) is 0 Å². The first-order valence-corrected chi connectivity index (χ1v) is 9.99. The van der Waals surface area contributed by atoms with E-state index >= 15 is 0 Å². The highest BCUT2D eigenvalue weighted by Gasteiger charge is 2.48. The number of carboxylic acid groups (broad SMARTS) is 1. The standard InChI is InChI=1S/C19H32N4O5/c1-10(2)8-12(18(26)23-7-5-6-13(23)19(27)28)21-17(25)15-14(22-15)16(24)20-9-11(3)4/h10-15,22H,5-9H2,1-4H3,(H,20,24)(H,21,25)(H,27,28)/t12-,13-,14+,15+/m0/s1. The minimum atomic E-state index is -1.02. The highest BCUT2D eigenvalue weighted by Crippen LogP contribution is 2.21. The molecule has 0 aromatic carbocycles. The van der Waals surface area contributed by atoms with Crippen molar-refractivity contribution in [2.75, 3.05) is 13.1 Å². The van der Waals surface area contributed by atoms with Crippen molar-refractivity contribution in [3.63, 3.8) is 0 Å². The van der Waals surface area contributed by atoms with Gasteiger partial charge in [-0.05, 0) is 31.1 Å². The van der Waals surface area contributed by atoms with Crippen LogP contribution in [0.2, 0.25) is 0 Å². The summed E-state index contributed by atoms with van der Waals surface area (Å²) in [5.41, 5.74) is 0. The molecule has 2 saturated heterocycles. The second kappa shape index (κ2) is 9.36. The smallest absolute Gasteiger partial charge is 0.326 e. The van der Waals surface area contributed by atoms with Crippen LogP contribution in [0, 0.1) is 11.8 Å². The molecule has 0 unspecified atom stereocenters. The Labute approximate surface area is 165 Å². The number of rotatable bonds is 9. The van der Waals surface area contributed by atoms with Gasteiger partial charge in [0.1, 0.15) is 24.2 Å². The van der Waals surface area contributed by atoms with Crippen molar-refractivity contribution in [1.29, 1.82) is 0 Å². The van der Waals surface area contributed by atoms with Crippen LogP contribution in [0.1, 0.15) is 47.0 Å². The molecule has 0 radical (unpaired) electrons. The lowest BCUT2D eigenvalue weighted by Crippen LogP contribution is -2.53. The molecule has 158 valence electrons. The molecule has 2 rings (SSSR count). The summed E-state index contributed by atoms with van der Waals surface area (Å²) in [6.07, 6.45) is 1.46. The number of carbonyl (C=O) groups is 4. The highest BCUT2D eigenvalue weighted by molar-refractivity contribution is 5.99. The summed E-state index contributed by atoms with van der Waals surface area (Å²) >= 11 is 0. The van der Waals surface area contributed by atoms with E-state index in [-0.39, 0.29) is 17.7 Å². The Balaban J connectivity index is 1.97. The summed E-state index contributed by atoms with van der Waals surface area (Å²) in [6, 6.07) is -2.89. The lowest BCUT2D eigenvalue weighted by Gasteiger charge is -2.28. The van der Waals surface area contributed by atoms with Crippen LogP contribution < -0.4 is 16.0 Å². The summed E-state index contributed by atoms with van der Waals surface area (Å²) in [4.78, 5) is 50.3. The van der Waals surface area contributed by atoms with Crippen LogP contribution in [0.15, 0.2) is 0 Å². The maximum atomic E-state index is 12.9. The van der Waals surface area contributed by atoms with Crippen LogP contribution in [0.4, 0.5) is 0 Å². The van der Waals surface area contributed by atoms with E-state index in [4.69, 9.17) is 0 Å². The molecule has 0 spiro atoms. The van der Waals surface area contributed by atoms with Crippen molar-refractivity contribution < 1.29 is 24.3 Å². The average Bonchev–Trinajstić information content (AvgIpc) is 3.26. The molecule has 0 aromatic heterocycles. The molecule has 0 aliphatic carbocycles. The minimum Gasteiger partial charge on any atom is -0.480 e. The summed E-state index contributed by atoms with van der Waals surface area (Å²) in [7, 11) is 0. The zero-order valence-corrected chi connectivity index (χ0v) is 17.0. The first-order valence-electron chi connectivity index (χ1n) is 9.99. The van der Waals surface area contributed by atoms with Gasteiger partial charge in [-0.25, -0.2) is 4.79 Å². The molecule has 9 heteroatoms. The van der Waals surface area contributed by atoms with Crippen LogP contribution in [0.25, 0.3) is 0 Å². The van der Waals surface area contributed by atoms with E-state index in [2.05, 4.69) is 16.0 Å². The van der Waals surface area contributed by atoms with Gasteiger partial charge in [0, 0.05) is 13.1 Å². The van der Waals surface area contributed by atoms with E-state index in [9.17, 15) is 24.3 Å². The predicted octanol–water partition coefficient (Wildman–Crippen LogP) is -0.294. The fraction of sp³-hybridized carbons (Fsp3) is 0.789. The molecule has 2 aliphatic rings. The number of carboxylic acids is 1. The quantitative estimate of drug-likeness (QED) is 0.395. The Hall–Kier alpha value is -2.16. The Morgan fingerprint density at radius 1 is 1.07 bits per heavy atom. The maximum absolute atomic E-state index is 12.9. The van der Waals surface area contributed by atoms with Gasteiger partial charge < -0.3 is 20.6 Å². The zero-order chi connectivity index (χ0) is 21.0. The monoisotopic (exact) mass is 396 g/mol. The van der Waals surface area contributed by atoms with Crippen molar-refractivity contribution in [1.82, 2.24) is 20.9 Å². The van der Waals surface area contributed by atoms with Crippen molar-refractivity contribution >= 4 is 23.7 Å². The van der Waals surface area contributed by atoms with E-state index in [1.165, 1.54) is 4.90 Å². The Bertz CT molecular complexity index is 621. The van der Waals surface area contributed by atoms with Gasteiger partial charge in [0.15, 0.2) is 0 Å². The SMILES string of the molecule is CC(C)CNC(=O)[C@@H]1N[C@H]1C(=O)N[C@@H](CC(C)C)C(=O)N1CCC[C@H]1C(=O)O. The second-order valence-electron chi connectivity index (χ2n) is 8.48. The first-order chi connectivity index (χ1) is 13.1. The fourth-order valence-corrected chi connectivity index (χ4v) is 3.45. The van der Waals surface area contributed by atoms with E-state index in [0.717, 1.165) is 0 Å². The summed E-state index contributed by atoms with van der Waals surface area (Å²) in [6.45, 7) is 8.74. The molecule has 9 nitrogen and oxygen atoms in total. The normalized spacial score (nSPS) is 24.9. The van der Waals surface area contributed by atoms with Crippen molar-refractivity contribution in [3.05, 3.63) is 0 Å². The number of aliphatic carboxylic acids is 1. The van der Waals surface area contributed by atoms with E-state index < -0.39 is 36.0 Å². The Morgan fingerprint density at radius 2 is 1.71 bits per heavy atom. The largest absolute Gasteiger partial charge is 0.480 e. The highest BCUT2D eigenvalue weighted by atomic mass is 16.4. The van der Waals surface area contributed by atoms with Gasteiger partial charge in [0.2, 0.25) is 17.7 Å². The van der Waals surface area contributed by atoms with E-state index in [1.54, 1.807) is 0 Å². The molecule has 28 heavy (non-hydrogen) atoms. The minimum absolute atomic E-state index is 0.137. The van der Waals surface area contributed by atoms with Gasteiger partial charge in [-0.3, -0.25) is 19.7 Å². The first kappa shape index (κ1) is 22.1. The lowest BCUT2D eigenvalue weighted by molar-refractivity contribution is -0.149. The molecular weight excluding hydrogens is 364 g/mol. The van der Waals surface area contributed by atoms with Crippen LogP contribution in [0.3, 0.4) is 0 Å². The summed E-state index contributed by atoms with van der Waals surface area (Å²) < 4.78 is 0. The van der Waals surface area contributed by atoms with Gasteiger partial charge in [-0.2, -0.15) is 0 Å². The van der Waals surface area contributed by atoms with Crippen LogP contribution in [0.5, 0.6) is 0 Å². The molecule has 0 aromatic rings. The molecule has 0 saturated carbocycles. The molecular formula is C19H32N4O5. The van der Waals surface area contributed by atoms with Crippen molar-refractivity contribution in [3.8, 4) is 0 Å². The number of likely N-dealkylation sites (tertiary alicyclic amines) is 1. The fourth-order valence-electron chi connectivity index (χ4n) is 3.45. The van der Waals surface area contributed by atoms with E-state index in [1.807, 2.05) is 27.7 Å². The summed E-state index contributed by atoms with van der Waals surface area (Å²) in [5, 5.41) is 17.7.